The van der Waals surface area contributed by atoms with Crippen molar-refractivity contribution >= 4 is 34.9 Å². The van der Waals surface area contributed by atoms with Crippen LogP contribution in [-0.2, 0) is 17.4 Å². The van der Waals surface area contributed by atoms with E-state index in [1.54, 1.807) is 13.8 Å². The van der Waals surface area contributed by atoms with Gasteiger partial charge in [0.25, 0.3) is 5.91 Å². The second-order valence-electron chi connectivity index (χ2n) is 12.5. The van der Waals surface area contributed by atoms with Gasteiger partial charge in [-0.1, -0.05) is 0 Å². The summed E-state index contributed by atoms with van der Waals surface area (Å²) in [6, 6.07) is 3.77. The Bertz CT molecular complexity index is 2250. The van der Waals surface area contributed by atoms with E-state index in [0.29, 0.717) is 12.1 Å². The Kier molecular flexibility index (Phi) is 13.0. The fourth-order valence-corrected chi connectivity index (χ4v) is 5.31. The van der Waals surface area contributed by atoms with Gasteiger partial charge in [0.1, 0.15) is 52.1 Å². The summed E-state index contributed by atoms with van der Waals surface area (Å²) in [6.07, 6.45) is -5.72. The number of rotatable bonds is 11. The van der Waals surface area contributed by atoms with Crippen molar-refractivity contribution in [3.63, 3.8) is 0 Å². The molecule has 0 radical (unpaired) electrons. The molecule has 5 aromatic rings. The molecule has 2 aromatic carbocycles. The third kappa shape index (κ3) is 10.5. The van der Waals surface area contributed by atoms with E-state index in [0.717, 1.165) is 31.2 Å². The highest BCUT2D eigenvalue weighted by atomic mass is 19.4. The molecule has 11 nitrogen and oxygen atoms in total. The lowest BCUT2D eigenvalue weighted by molar-refractivity contribution is -0.139. The number of halogens is 10. The zero-order valence-electron chi connectivity index (χ0n) is 29.5. The number of hydrogen-bond donors (Lipinski definition) is 5. The van der Waals surface area contributed by atoms with Crippen molar-refractivity contribution < 1.29 is 68.5 Å². The van der Waals surface area contributed by atoms with Crippen LogP contribution >= 0.6 is 0 Å². The minimum absolute atomic E-state index is 0.0480. The number of imidazole rings is 1. The maximum Gasteiger partial charge on any atom is 0.418 e. The average Bonchev–Trinajstić information content (AvgIpc) is 3.57. The number of carbonyl (C=O) groups is 3. The quantitative estimate of drug-likeness (QED) is 0.0835. The predicted molar refractivity (Wildman–Crippen MR) is 184 cm³/mol. The maximum absolute atomic E-state index is 14.6. The maximum atomic E-state index is 14.6. The molecule has 0 spiro atoms. The van der Waals surface area contributed by atoms with E-state index in [1.165, 1.54) is 35.1 Å². The number of carbonyl (C=O) groups excluding carboxylic acids is 1. The molecule has 3 aromatic heterocycles. The van der Waals surface area contributed by atoms with Gasteiger partial charge in [0.2, 0.25) is 0 Å². The summed E-state index contributed by atoms with van der Waals surface area (Å²) in [5, 5.41) is 24.9. The number of carboxylic acids is 2. The molecular weight excluding hydrogens is 786 g/mol. The smallest absolute Gasteiger partial charge is 0.418 e. The van der Waals surface area contributed by atoms with E-state index in [9.17, 15) is 63.4 Å². The third-order valence-corrected chi connectivity index (χ3v) is 7.87. The van der Waals surface area contributed by atoms with Crippen LogP contribution in [0.5, 0.6) is 0 Å². The highest BCUT2D eigenvalue weighted by Gasteiger charge is 2.37. The van der Waals surface area contributed by atoms with Crippen LogP contribution in [0.4, 0.5) is 55.3 Å². The topological polar surface area (TPSA) is 158 Å². The molecule has 0 unspecified atom stereocenters. The molecule has 0 saturated carbocycles. The number of carboxylic acid groups (broad SMARTS) is 2. The molecule has 304 valence electrons. The number of aromatic nitrogens is 3. The lowest BCUT2D eigenvalue weighted by Gasteiger charge is -2.18. The van der Waals surface area contributed by atoms with Crippen LogP contribution in [-0.4, -0.2) is 66.7 Å². The Hall–Kier alpha value is -6.41. The van der Waals surface area contributed by atoms with Gasteiger partial charge in [-0.05, 0) is 69.3 Å². The van der Waals surface area contributed by atoms with Crippen molar-refractivity contribution in [3.8, 4) is 11.3 Å². The number of alkyl halides is 6. The minimum atomic E-state index is -4.68. The predicted octanol–water partition coefficient (Wildman–Crippen LogP) is 7.97. The fraction of sp³-hybridized carbons (Fsp3) is 0.250. The van der Waals surface area contributed by atoms with Crippen LogP contribution < -0.4 is 16.0 Å². The Balaban J connectivity index is 0.000000335. The summed E-state index contributed by atoms with van der Waals surface area (Å²) in [5.74, 6) is -9.87. The molecule has 2 atom stereocenters. The van der Waals surface area contributed by atoms with Crippen LogP contribution in [0.1, 0.15) is 52.7 Å². The molecule has 5 N–H and O–H groups in total. The monoisotopic (exact) mass is 816 g/mol. The van der Waals surface area contributed by atoms with Gasteiger partial charge < -0.3 is 30.6 Å². The zero-order chi connectivity index (χ0) is 42.6. The van der Waals surface area contributed by atoms with Crippen molar-refractivity contribution in [1.29, 1.82) is 0 Å². The first kappa shape index (κ1) is 43.3. The summed E-state index contributed by atoms with van der Waals surface area (Å²) >= 11 is 0. The summed E-state index contributed by atoms with van der Waals surface area (Å²) < 4.78 is 134. The molecule has 5 rings (SSSR count). The number of hydrogen-bond acceptors (Lipinski definition) is 7. The Morgan fingerprint density at radius 3 is 1.84 bits per heavy atom. The van der Waals surface area contributed by atoms with E-state index in [-0.39, 0.29) is 40.7 Å². The fourth-order valence-electron chi connectivity index (χ4n) is 5.31. The zero-order valence-corrected chi connectivity index (χ0v) is 29.5. The van der Waals surface area contributed by atoms with Gasteiger partial charge in [0.15, 0.2) is 0 Å². The lowest BCUT2D eigenvalue weighted by Crippen LogP contribution is -2.43. The van der Waals surface area contributed by atoms with E-state index < -0.39 is 87.9 Å². The molecule has 0 aliphatic heterocycles. The van der Waals surface area contributed by atoms with Crippen LogP contribution in [0.2, 0.25) is 0 Å². The summed E-state index contributed by atoms with van der Waals surface area (Å²) in [5.41, 5.74) is -3.51. The third-order valence-electron chi connectivity index (χ3n) is 7.87. The molecule has 21 heteroatoms. The van der Waals surface area contributed by atoms with Gasteiger partial charge in [-0.25, -0.2) is 32.1 Å². The summed E-state index contributed by atoms with van der Waals surface area (Å²) in [7, 11) is 0. The minimum Gasteiger partial charge on any atom is -0.480 e. The number of amides is 1. The average molecular weight is 817 g/mol. The highest BCUT2D eigenvalue weighted by molar-refractivity contribution is 5.97. The second-order valence-corrected chi connectivity index (χ2v) is 12.5. The normalized spacial score (nSPS) is 12.7. The molecule has 0 aliphatic carbocycles. The van der Waals surface area contributed by atoms with Crippen molar-refractivity contribution in [3.05, 3.63) is 113 Å². The highest BCUT2D eigenvalue weighted by Crippen LogP contribution is 2.37. The molecule has 0 aliphatic rings. The summed E-state index contributed by atoms with van der Waals surface area (Å²) in [4.78, 5) is 43.1. The van der Waals surface area contributed by atoms with Crippen LogP contribution in [0.25, 0.3) is 16.9 Å². The Morgan fingerprint density at radius 1 is 0.772 bits per heavy atom. The van der Waals surface area contributed by atoms with Crippen molar-refractivity contribution in [1.82, 2.24) is 19.7 Å². The van der Waals surface area contributed by atoms with Gasteiger partial charge in [0.05, 0.1) is 11.3 Å². The van der Waals surface area contributed by atoms with E-state index in [2.05, 4.69) is 20.6 Å². The molecule has 1 amide bonds. The number of aliphatic carboxylic acids is 1. The van der Waals surface area contributed by atoms with Crippen molar-refractivity contribution in [2.75, 3.05) is 10.6 Å². The Labute approximate surface area is 315 Å². The van der Waals surface area contributed by atoms with Gasteiger partial charge in [0, 0.05) is 53.7 Å². The number of anilines is 2. The van der Waals surface area contributed by atoms with E-state index in [1.807, 2.05) is 5.32 Å². The largest absolute Gasteiger partial charge is 0.480 e. The molecular formula is C36H30F10N6O5. The molecule has 0 fully saturated rings. The first-order chi connectivity index (χ1) is 26.5. The van der Waals surface area contributed by atoms with Gasteiger partial charge in [-0.3, -0.25) is 9.78 Å². The summed E-state index contributed by atoms with van der Waals surface area (Å²) in [6.45, 7) is 4.27. The second kappa shape index (κ2) is 17.2. The van der Waals surface area contributed by atoms with Crippen LogP contribution in [0.15, 0.2) is 67.1 Å². The first-order valence-electron chi connectivity index (χ1n) is 16.3. The lowest BCUT2D eigenvalue weighted by atomic mass is 10.0. The van der Waals surface area contributed by atoms with E-state index in [4.69, 9.17) is 5.11 Å². The number of aromatic carboxylic acids is 1. The first-order valence-corrected chi connectivity index (χ1v) is 16.3. The van der Waals surface area contributed by atoms with Crippen LogP contribution in [0, 0.1) is 23.3 Å². The molecule has 0 saturated heterocycles. The Morgan fingerprint density at radius 2 is 1.33 bits per heavy atom. The molecule has 3 heterocycles. The number of benzene rings is 2. The van der Waals surface area contributed by atoms with Crippen LogP contribution in [0.3, 0.4) is 0 Å². The van der Waals surface area contributed by atoms with Gasteiger partial charge in [-0.2, -0.15) is 26.3 Å². The number of nitrogens with one attached hydrogen (secondary N) is 3. The molecule has 57 heavy (non-hydrogen) atoms. The van der Waals surface area contributed by atoms with Crippen molar-refractivity contribution in [2.45, 2.75) is 57.7 Å². The van der Waals surface area contributed by atoms with Gasteiger partial charge in [-0.15, -0.1) is 0 Å². The van der Waals surface area contributed by atoms with E-state index >= 15 is 0 Å². The van der Waals surface area contributed by atoms with Crippen molar-refractivity contribution in [2.24, 2.45) is 0 Å². The van der Waals surface area contributed by atoms with Gasteiger partial charge >= 0.3 is 24.3 Å². The number of pyridine rings is 2. The number of nitrogens with zero attached hydrogens (tertiary/aromatic N) is 3. The SMILES string of the molecule is CC(C)Nc1cc(F)c(C(=O)N[C@@H](Cc2ccc(-c3ncccc3C(F)(F)F)c3nccn23)C(=O)O)c(F)c1.C[C@@H](Nc1cc(F)c(C(=O)O)c(F)c1)C(F)(F)F. The number of fused-ring (bicyclic) bond motifs is 1. The molecule has 0 bridgehead atoms. The standard InChI is InChI=1S/C26H22F5N5O3.C10H8F5NO2/c1-13(2)34-14-10-18(27)21(19(28)11-14)24(37)35-20(25(38)39)12-15-5-6-16(23-33-8-9-36(15)23)22-17(26(29,30)31)4-3-7-32-22;1-4(10(13,14)15)16-5-2-6(11)8(9(17)18)7(12)3-5/h3-11,13,20,34H,12H2,1-2H3,(H,35,37)(H,38,39);2-4,16H,1H3,(H,17,18)/t20-;4-/m01/s1.